The predicted octanol–water partition coefficient (Wildman–Crippen LogP) is 3.58. The summed E-state index contributed by atoms with van der Waals surface area (Å²) >= 11 is 0. The van der Waals surface area contributed by atoms with Crippen molar-refractivity contribution >= 4 is 0 Å². The molecule has 1 aliphatic rings. The van der Waals surface area contributed by atoms with Crippen LogP contribution in [0.25, 0.3) is 0 Å². The van der Waals surface area contributed by atoms with Crippen molar-refractivity contribution in [2.24, 2.45) is 0 Å². The van der Waals surface area contributed by atoms with Crippen LogP contribution in [0.15, 0.2) is 22.8 Å². The van der Waals surface area contributed by atoms with Crippen molar-refractivity contribution in [3.05, 3.63) is 24.2 Å². The van der Waals surface area contributed by atoms with Crippen LogP contribution in [0.4, 0.5) is 0 Å². The zero-order valence-electron chi connectivity index (χ0n) is 12.4. The van der Waals surface area contributed by atoms with E-state index in [1.807, 2.05) is 12.1 Å². The summed E-state index contributed by atoms with van der Waals surface area (Å²) < 4.78 is 5.41. The summed E-state index contributed by atoms with van der Waals surface area (Å²) in [4.78, 5) is 2.53. The van der Waals surface area contributed by atoms with E-state index in [2.05, 4.69) is 24.2 Å². The molecule has 2 rings (SSSR count). The summed E-state index contributed by atoms with van der Waals surface area (Å²) in [6.07, 6.45) is 10.2. The topological polar surface area (TPSA) is 28.4 Å². The van der Waals surface area contributed by atoms with Crippen LogP contribution in [0, 0.1) is 0 Å². The van der Waals surface area contributed by atoms with E-state index in [1.165, 1.54) is 38.5 Å². The number of nitrogens with zero attached hydrogens (tertiary/aromatic N) is 1. The zero-order valence-corrected chi connectivity index (χ0v) is 12.4. The highest BCUT2D eigenvalue weighted by Gasteiger charge is 2.16. The van der Waals surface area contributed by atoms with Gasteiger partial charge in [-0.2, -0.15) is 0 Å². The molecule has 0 aromatic carbocycles. The van der Waals surface area contributed by atoms with Gasteiger partial charge in [0.1, 0.15) is 5.76 Å². The molecule has 1 aliphatic carbocycles. The Morgan fingerprint density at radius 1 is 1.32 bits per heavy atom. The first-order valence-corrected chi connectivity index (χ1v) is 7.74. The first-order valence-electron chi connectivity index (χ1n) is 7.74. The van der Waals surface area contributed by atoms with Crippen LogP contribution in [-0.4, -0.2) is 31.1 Å². The molecule has 0 spiro atoms. The smallest absolute Gasteiger partial charge is 0.120 e. The maximum atomic E-state index is 5.41. The minimum atomic E-state index is 0.303. The molecule has 1 atom stereocenters. The molecule has 1 aromatic heterocycles. The van der Waals surface area contributed by atoms with Gasteiger partial charge in [0.15, 0.2) is 0 Å². The summed E-state index contributed by atoms with van der Waals surface area (Å²) in [6.45, 7) is 4.30. The Balaban J connectivity index is 1.66. The molecular formula is C16H28N2O. The standard InChI is InChI=1S/C16H28N2O/c1-14(16-10-7-13-19-16)17-11-12-18(2)15-8-5-3-4-6-9-15/h7,10,13-15,17H,3-6,8-9,11-12H2,1-2H3. The highest BCUT2D eigenvalue weighted by molar-refractivity contribution is 5.02. The lowest BCUT2D eigenvalue weighted by molar-refractivity contribution is 0.218. The van der Waals surface area contributed by atoms with Crippen molar-refractivity contribution in [1.29, 1.82) is 0 Å². The van der Waals surface area contributed by atoms with Gasteiger partial charge in [0.25, 0.3) is 0 Å². The third-order valence-corrected chi connectivity index (χ3v) is 4.33. The second-order valence-corrected chi connectivity index (χ2v) is 5.82. The van der Waals surface area contributed by atoms with Gasteiger partial charge in [-0.15, -0.1) is 0 Å². The van der Waals surface area contributed by atoms with Gasteiger partial charge in [0.2, 0.25) is 0 Å². The van der Waals surface area contributed by atoms with Gasteiger partial charge in [-0.3, -0.25) is 0 Å². The van der Waals surface area contributed by atoms with Crippen molar-refractivity contribution in [2.45, 2.75) is 57.5 Å². The van der Waals surface area contributed by atoms with E-state index in [0.717, 1.165) is 24.9 Å². The van der Waals surface area contributed by atoms with E-state index < -0.39 is 0 Å². The molecule has 1 N–H and O–H groups in total. The van der Waals surface area contributed by atoms with Crippen LogP contribution >= 0.6 is 0 Å². The maximum Gasteiger partial charge on any atom is 0.120 e. The molecule has 1 unspecified atom stereocenters. The summed E-state index contributed by atoms with van der Waals surface area (Å²) in [6, 6.07) is 5.08. The van der Waals surface area contributed by atoms with E-state index >= 15 is 0 Å². The molecule has 1 heterocycles. The van der Waals surface area contributed by atoms with Crippen molar-refractivity contribution in [1.82, 2.24) is 10.2 Å². The second-order valence-electron chi connectivity index (χ2n) is 5.82. The Hall–Kier alpha value is -0.800. The lowest BCUT2D eigenvalue weighted by Gasteiger charge is -2.27. The number of likely N-dealkylation sites (N-methyl/N-ethyl adjacent to an activating group) is 1. The van der Waals surface area contributed by atoms with Crippen LogP contribution in [0.5, 0.6) is 0 Å². The van der Waals surface area contributed by atoms with Crippen LogP contribution in [0.1, 0.15) is 57.3 Å². The van der Waals surface area contributed by atoms with Crippen LogP contribution in [0.2, 0.25) is 0 Å². The maximum absolute atomic E-state index is 5.41. The first kappa shape index (κ1) is 14.6. The highest BCUT2D eigenvalue weighted by atomic mass is 16.3. The third kappa shape index (κ3) is 4.66. The van der Waals surface area contributed by atoms with Crippen molar-refractivity contribution < 1.29 is 4.42 Å². The van der Waals surface area contributed by atoms with Gasteiger partial charge < -0.3 is 14.6 Å². The molecule has 0 aliphatic heterocycles. The molecule has 1 saturated carbocycles. The fraction of sp³-hybridized carbons (Fsp3) is 0.750. The summed E-state index contributed by atoms with van der Waals surface area (Å²) in [5, 5.41) is 3.54. The number of nitrogens with one attached hydrogen (secondary N) is 1. The van der Waals surface area contributed by atoms with E-state index in [9.17, 15) is 0 Å². The average molecular weight is 264 g/mol. The van der Waals surface area contributed by atoms with Gasteiger partial charge in [-0.05, 0) is 38.9 Å². The molecule has 1 aromatic rings. The normalized spacial score (nSPS) is 19.5. The van der Waals surface area contributed by atoms with Crippen molar-refractivity contribution in [3.8, 4) is 0 Å². The molecule has 3 heteroatoms. The zero-order chi connectivity index (χ0) is 13.5. The Kier molecular flexibility index (Phi) is 5.93. The van der Waals surface area contributed by atoms with Crippen LogP contribution < -0.4 is 5.32 Å². The lowest BCUT2D eigenvalue weighted by Crippen LogP contribution is -2.37. The second kappa shape index (κ2) is 7.71. The van der Waals surface area contributed by atoms with Crippen LogP contribution in [-0.2, 0) is 0 Å². The van der Waals surface area contributed by atoms with E-state index in [0.29, 0.717) is 6.04 Å². The summed E-state index contributed by atoms with van der Waals surface area (Å²) in [5.74, 6) is 1.03. The molecule has 108 valence electrons. The lowest BCUT2D eigenvalue weighted by atomic mass is 10.1. The Morgan fingerprint density at radius 2 is 2.05 bits per heavy atom. The minimum absolute atomic E-state index is 0.303. The predicted molar refractivity (Wildman–Crippen MR) is 79.2 cm³/mol. The number of rotatable bonds is 6. The molecular weight excluding hydrogens is 236 g/mol. The van der Waals surface area contributed by atoms with Crippen LogP contribution in [0.3, 0.4) is 0 Å². The average Bonchev–Trinajstić information content (AvgIpc) is 2.81. The van der Waals surface area contributed by atoms with Gasteiger partial charge in [-0.25, -0.2) is 0 Å². The number of furan rings is 1. The highest BCUT2D eigenvalue weighted by Crippen LogP contribution is 2.20. The van der Waals surface area contributed by atoms with Gasteiger partial charge >= 0.3 is 0 Å². The number of hydrogen-bond acceptors (Lipinski definition) is 3. The Bertz CT molecular complexity index is 329. The van der Waals surface area contributed by atoms with Gasteiger partial charge in [0.05, 0.1) is 12.3 Å². The summed E-state index contributed by atoms with van der Waals surface area (Å²) in [5.41, 5.74) is 0. The Morgan fingerprint density at radius 3 is 2.68 bits per heavy atom. The third-order valence-electron chi connectivity index (χ3n) is 4.33. The van der Waals surface area contributed by atoms with Gasteiger partial charge in [0, 0.05) is 19.1 Å². The molecule has 0 saturated heterocycles. The van der Waals surface area contributed by atoms with Crippen molar-refractivity contribution in [2.75, 3.05) is 20.1 Å². The fourth-order valence-corrected chi connectivity index (χ4v) is 2.98. The van der Waals surface area contributed by atoms with E-state index in [-0.39, 0.29) is 0 Å². The quantitative estimate of drug-likeness (QED) is 0.796. The molecule has 0 amide bonds. The molecule has 0 radical (unpaired) electrons. The van der Waals surface area contributed by atoms with Crippen molar-refractivity contribution in [3.63, 3.8) is 0 Å². The summed E-state index contributed by atoms with van der Waals surface area (Å²) in [7, 11) is 2.27. The van der Waals surface area contributed by atoms with Gasteiger partial charge in [-0.1, -0.05) is 25.7 Å². The molecule has 1 fully saturated rings. The number of hydrogen-bond donors (Lipinski definition) is 1. The molecule has 3 nitrogen and oxygen atoms in total. The monoisotopic (exact) mass is 264 g/mol. The fourth-order valence-electron chi connectivity index (χ4n) is 2.98. The molecule has 19 heavy (non-hydrogen) atoms. The minimum Gasteiger partial charge on any atom is -0.468 e. The Labute approximate surface area is 117 Å². The largest absolute Gasteiger partial charge is 0.468 e. The SMILES string of the molecule is CC(NCCN(C)C1CCCCCC1)c1ccco1. The molecule has 0 bridgehead atoms. The van der Waals surface area contributed by atoms with E-state index in [4.69, 9.17) is 4.42 Å². The first-order chi connectivity index (χ1) is 9.27. The van der Waals surface area contributed by atoms with E-state index in [1.54, 1.807) is 6.26 Å².